The fourth-order valence-electron chi connectivity index (χ4n) is 3.18. The molecule has 33 heavy (non-hydrogen) atoms. The van der Waals surface area contributed by atoms with Crippen LogP contribution < -0.4 is 10.6 Å². The first-order valence-electron chi connectivity index (χ1n) is 10.6. The Hall–Kier alpha value is -3.11. The van der Waals surface area contributed by atoms with Gasteiger partial charge in [0.1, 0.15) is 6.17 Å². The van der Waals surface area contributed by atoms with E-state index in [1.807, 2.05) is 0 Å². The molecule has 10 heteroatoms. The predicted molar refractivity (Wildman–Crippen MR) is 121 cm³/mol. The van der Waals surface area contributed by atoms with Gasteiger partial charge in [-0.15, -0.1) is 0 Å². The van der Waals surface area contributed by atoms with Crippen molar-refractivity contribution < 1.29 is 23.8 Å². The molecule has 3 aromatic heterocycles. The number of hydrogen-bond acceptors (Lipinski definition) is 6. The Bertz CT molecular complexity index is 1140. The Labute approximate surface area is 190 Å². The molecule has 0 aliphatic carbocycles. The van der Waals surface area contributed by atoms with E-state index in [-0.39, 0.29) is 17.7 Å². The quantitative estimate of drug-likeness (QED) is 0.365. The van der Waals surface area contributed by atoms with Crippen molar-refractivity contribution in [1.82, 2.24) is 19.9 Å². The zero-order valence-electron chi connectivity index (χ0n) is 19.1. The standard InChI is InChI=1S/C23H29F2N5O3/c1-22(2,32)7-9-26-19-16(21(31)28-12-18(24)23(3,4)33)11-29-30-13-14(10-17(19)30)15-6-5-8-27-20(15)25/h5-6,8,10-11,13,18,26,32-33H,7,9,12H2,1-4H3,(H,28,31)/t18-/m1/s1. The van der Waals surface area contributed by atoms with E-state index in [9.17, 15) is 23.8 Å². The van der Waals surface area contributed by atoms with Gasteiger partial charge in [0.2, 0.25) is 5.95 Å². The third-order valence-electron chi connectivity index (χ3n) is 5.20. The number of fused-ring (bicyclic) bond motifs is 1. The third-order valence-corrected chi connectivity index (χ3v) is 5.20. The van der Waals surface area contributed by atoms with Crippen molar-refractivity contribution in [2.45, 2.75) is 51.5 Å². The number of anilines is 1. The van der Waals surface area contributed by atoms with E-state index < -0.39 is 29.2 Å². The highest BCUT2D eigenvalue weighted by Crippen LogP contribution is 2.29. The number of aliphatic hydroxyl groups is 2. The summed E-state index contributed by atoms with van der Waals surface area (Å²) in [4.78, 5) is 16.5. The summed E-state index contributed by atoms with van der Waals surface area (Å²) in [6.07, 6.45) is 3.02. The lowest BCUT2D eigenvalue weighted by atomic mass is 10.0. The van der Waals surface area contributed by atoms with Crippen LogP contribution in [0.25, 0.3) is 16.6 Å². The van der Waals surface area contributed by atoms with Crippen molar-refractivity contribution in [3.8, 4) is 11.1 Å². The second kappa shape index (κ2) is 9.40. The second-order valence-electron chi connectivity index (χ2n) is 9.15. The molecular formula is C23H29F2N5O3. The molecular weight excluding hydrogens is 432 g/mol. The summed E-state index contributed by atoms with van der Waals surface area (Å²) in [5.41, 5.74) is -0.690. The largest absolute Gasteiger partial charge is 0.390 e. The summed E-state index contributed by atoms with van der Waals surface area (Å²) < 4.78 is 29.8. The highest BCUT2D eigenvalue weighted by Gasteiger charge is 2.27. The van der Waals surface area contributed by atoms with Gasteiger partial charge in [-0.2, -0.15) is 9.49 Å². The molecule has 0 saturated heterocycles. The number of rotatable bonds is 9. The Balaban J connectivity index is 1.98. The molecule has 1 amide bonds. The zero-order chi connectivity index (χ0) is 24.4. The zero-order valence-corrected chi connectivity index (χ0v) is 19.1. The van der Waals surface area contributed by atoms with Crippen LogP contribution in [0.2, 0.25) is 0 Å². The summed E-state index contributed by atoms with van der Waals surface area (Å²) in [5, 5.41) is 29.7. The minimum Gasteiger partial charge on any atom is -0.390 e. The van der Waals surface area contributed by atoms with Crippen molar-refractivity contribution in [2.24, 2.45) is 0 Å². The molecule has 4 N–H and O–H groups in total. The van der Waals surface area contributed by atoms with Crippen molar-refractivity contribution in [3.63, 3.8) is 0 Å². The van der Waals surface area contributed by atoms with Crippen molar-refractivity contribution >= 4 is 17.1 Å². The van der Waals surface area contributed by atoms with E-state index >= 15 is 0 Å². The smallest absolute Gasteiger partial charge is 0.255 e. The summed E-state index contributed by atoms with van der Waals surface area (Å²) in [6.45, 7) is 5.93. The van der Waals surface area contributed by atoms with Crippen molar-refractivity contribution in [3.05, 3.63) is 48.3 Å². The van der Waals surface area contributed by atoms with Gasteiger partial charge >= 0.3 is 0 Å². The van der Waals surface area contributed by atoms with Gasteiger partial charge in [-0.1, -0.05) is 0 Å². The fourth-order valence-corrected chi connectivity index (χ4v) is 3.18. The van der Waals surface area contributed by atoms with E-state index in [2.05, 4.69) is 20.7 Å². The number of carbonyl (C=O) groups is 1. The summed E-state index contributed by atoms with van der Waals surface area (Å²) in [6, 6.07) is 4.88. The fraction of sp³-hybridized carbons (Fsp3) is 0.435. The first-order chi connectivity index (χ1) is 15.4. The van der Waals surface area contributed by atoms with Gasteiger partial charge in [0, 0.05) is 30.1 Å². The molecule has 0 bridgehead atoms. The molecule has 0 spiro atoms. The molecule has 0 aliphatic heterocycles. The van der Waals surface area contributed by atoms with E-state index in [1.54, 1.807) is 38.2 Å². The summed E-state index contributed by atoms with van der Waals surface area (Å²) in [5.74, 6) is -1.22. The maximum atomic E-state index is 14.2. The Morgan fingerprint density at radius 1 is 1.27 bits per heavy atom. The van der Waals surface area contributed by atoms with Crippen LogP contribution in [-0.2, 0) is 0 Å². The number of halogens is 2. The molecule has 178 valence electrons. The first-order valence-corrected chi connectivity index (χ1v) is 10.6. The molecule has 0 aliphatic rings. The van der Waals surface area contributed by atoms with E-state index in [0.717, 1.165) is 0 Å². The van der Waals surface area contributed by atoms with Gasteiger partial charge in [0.15, 0.2) is 0 Å². The van der Waals surface area contributed by atoms with Gasteiger partial charge in [-0.05, 0) is 52.3 Å². The van der Waals surface area contributed by atoms with Crippen LogP contribution >= 0.6 is 0 Å². The lowest BCUT2D eigenvalue weighted by Gasteiger charge is -2.23. The molecule has 8 nitrogen and oxygen atoms in total. The maximum Gasteiger partial charge on any atom is 0.255 e. The van der Waals surface area contributed by atoms with E-state index in [0.29, 0.717) is 29.7 Å². The minimum atomic E-state index is -1.67. The SMILES string of the molecule is CC(C)(O)CCNc1c(C(=O)NC[C@@H](F)C(C)(C)O)cnn2cc(-c3cccnc3F)cc12. The van der Waals surface area contributed by atoms with E-state index in [1.165, 1.54) is 30.8 Å². The van der Waals surface area contributed by atoms with Crippen LogP contribution in [0.1, 0.15) is 44.5 Å². The van der Waals surface area contributed by atoms with Gasteiger partial charge in [0.05, 0.1) is 40.7 Å². The predicted octanol–water partition coefficient (Wildman–Crippen LogP) is 2.95. The second-order valence-corrected chi connectivity index (χ2v) is 9.15. The van der Waals surface area contributed by atoms with Gasteiger partial charge in [-0.25, -0.2) is 13.9 Å². The third kappa shape index (κ3) is 6.02. The van der Waals surface area contributed by atoms with Crippen LogP contribution in [0.3, 0.4) is 0 Å². The van der Waals surface area contributed by atoms with Crippen LogP contribution in [-0.4, -0.2) is 61.2 Å². The number of carbonyl (C=O) groups excluding carboxylic acids is 1. The number of nitrogens with zero attached hydrogens (tertiary/aromatic N) is 3. The number of pyridine rings is 1. The number of nitrogens with one attached hydrogen (secondary N) is 2. The van der Waals surface area contributed by atoms with Crippen molar-refractivity contribution in [2.75, 3.05) is 18.4 Å². The lowest BCUT2D eigenvalue weighted by Crippen LogP contribution is -2.42. The monoisotopic (exact) mass is 461 g/mol. The molecule has 1 atom stereocenters. The minimum absolute atomic E-state index is 0.150. The van der Waals surface area contributed by atoms with Gasteiger partial charge in [0.25, 0.3) is 5.91 Å². The van der Waals surface area contributed by atoms with Crippen LogP contribution in [0.5, 0.6) is 0 Å². The molecule has 0 radical (unpaired) electrons. The lowest BCUT2D eigenvalue weighted by molar-refractivity contribution is -0.00177. The van der Waals surface area contributed by atoms with Gasteiger partial charge < -0.3 is 20.8 Å². The molecule has 0 aromatic carbocycles. The molecule has 3 heterocycles. The van der Waals surface area contributed by atoms with Gasteiger partial charge in [-0.3, -0.25) is 4.79 Å². The number of alkyl halides is 1. The topological polar surface area (TPSA) is 112 Å². The molecule has 3 rings (SSSR count). The highest BCUT2D eigenvalue weighted by atomic mass is 19.1. The average molecular weight is 462 g/mol. The normalized spacial score (nSPS) is 13.2. The number of aromatic nitrogens is 3. The highest BCUT2D eigenvalue weighted by molar-refractivity contribution is 6.03. The van der Waals surface area contributed by atoms with Crippen molar-refractivity contribution in [1.29, 1.82) is 0 Å². The Morgan fingerprint density at radius 2 is 2.00 bits per heavy atom. The molecule has 0 fully saturated rings. The number of hydrogen-bond donors (Lipinski definition) is 4. The average Bonchev–Trinajstić information content (AvgIpc) is 3.15. The summed E-state index contributed by atoms with van der Waals surface area (Å²) >= 11 is 0. The molecule has 0 saturated carbocycles. The van der Waals surface area contributed by atoms with Crippen LogP contribution in [0, 0.1) is 5.95 Å². The Kier molecular flexibility index (Phi) is 6.99. The number of amides is 1. The molecule has 0 unspecified atom stereocenters. The van der Waals surface area contributed by atoms with Crippen LogP contribution in [0.15, 0.2) is 36.8 Å². The van der Waals surface area contributed by atoms with Crippen LogP contribution in [0.4, 0.5) is 14.5 Å². The van der Waals surface area contributed by atoms with E-state index in [4.69, 9.17) is 0 Å². The first kappa shape index (κ1) is 24.5. The Morgan fingerprint density at radius 3 is 2.64 bits per heavy atom. The maximum absolute atomic E-state index is 14.2. The molecule has 3 aromatic rings. The summed E-state index contributed by atoms with van der Waals surface area (Å²) in [7, 11) is 0.